The minimum absolute atomic E-state index is 0.356. The van der Waals surface area contributed by atoms with E-state index >= 15 is 0 Å². The van der Waals surface area contributed by atoms with Gasteiger partial charge in [0.05, 0.1) is 7.11 Å². The van der Waals surface area contributed by atoms with Crippen molar-refractivity contribution >= 4 is 45.9 Å². The van der Waals surface area contributed by atoms with Crippen molar-refractivity contribution in [3.63, 3.8) is 0 Å². The number of carbonyl (C=O) groups excluding carboxylic acids is 2. The molecule has 0 radical (unpaired) electrons. The molecule has 0 bridgehead atoms. The van der Waals surface area contributed by atoms with Crippen LogP contribution in [0.25, 0.3) is 17.2 Å². The van der Waals surface area contributed by atoms with Crippen molar-refractivity contribution in [2.75, 3.05) is 12.4 Å². The molecule has 142 valence electrons. The molecule has 1 amide bonds. The molecule has 1 N–H and O–H groups in total. The molecule has 0 aliphatic rings. The van der Waals surface area contributed by atoms with E-state index in [0.29, 0.717) is 15.6 Å². The molecular weight excluding hydrogens is 394 g/mol. The zero-order chi connectivity index (χ0) is 20.1. The van der Waals surface area contributed by atoms with Gasteiger partial charge in [-0.25, -0.2) is 4.79 Å². The predicted molar refractivity (Wildman–Crippen MR) is 115 cm³/mol. The summed E-state index contributed by atoms with van der Waals surface area (Å²) < 4.78 is 4.96. The van der Waals surface area contributed by atoms with E-state index in [9.17, 15) is 9.59 Å². The van der Waals surface area contributed by atoms with E-state index < -0.39 is 5.97 Å². The van der Waals surface area contributed by atoms with Gasteiger partial charge < -0.3 is 10.1 Å². The Bertz CT molecular complexity index is 1040. The van der Waals surface area contributed by atoms with Crippen LogP contribution in [0.5, 0.6) is 0 Å². The number of aryl methyl sites for hydroxylation is 1. The molecule has 1 aromatic heterocycles. The third kappa shape index (κ3) is 4.32. The monoisotopic (exact) mass is 411 g/mol. The highest BCUT2D eigenvalue weighted by atomic mass is 35.5. The molecule has 0 aliphatic heterocycles. The lowest BCUT2D eigenvalue weighted by Gasteiger charge is -2.07. The van der Waals surface area contributed by atoms with Crippen molar-refractivity contribution in [1.82, 2.24) is 0 Å². The SMILES string of the molecule is COC(=O)c1c(NC(=O)/C=C/c2ccccc2Cl)sc(C)c1-c1ccccc1. The van der Waals surface area contributed by atoms with Gasteiger partial charge in [-0.15, -0.1) is 11.3 Å². The largest absolute Gasteiger partial charge is 0.465 e. The molecule has 0 spiro atoms. The second-order valence-electron chi connectivity index (χ2n) is 5.94. The van der Waals surface area contributed by atoms with Crippen molar-refractivity contribution in [2.24, 2.45) is 0 Å². The third-order valence-electron chi connectivity index (χ3n) is 4.09. The summed E-state index contributed by atoms with van der Waals surface area (Å²) in [6.07, 6.45) is 3.02. The van der Waals surface area contributed by atoms with Gasteiger partial charge in [-0.1, -0.05) is 60.1 Å². The van der Waals surface area contributed by atoms with Crippen LogP contribution in [0.15, 0.2) is 60.7 Å². The van der Waals surface area contributed by atoms with E-state index in [2.05, 4.69) is 5.32 Å². The fourth-order valence-corrected chi connectivity index (χ4v) is 4.08. The van der Waals surface area contributed by atoms with Crippen molar-refractivity contribution < 1.29 is 14.3 Å². The first-order valence-electron chi connectivity index (χ1n) is 8.52. The lowest BCUT2D eigenvalue weighted by atomic mass is 10.0. The summed E-state index contributed by atoms with van der Waals surface area (Å²) in [7, 11) is 1.33. The number of methoxy groups -OCH3 is 1. The Kier molecular flexibility index (Phi) is 6.29. The van der Waals surface area contributed by atoms with Gasteiger partial charge in [0, 0.05) is 21.5 Å². The first-order chi connectivity index (χ1) is 13.5. The van der Waals surface area contributed by atoms with Crippen LogP contribution in [0.2, 0.25) is 5.02 Å². The fourth-order valence-electron chi connectivity index (χ4n) is 2.81. The molecule has 2 aromatic carbocycles. The molecule has 0 saturated heterocycles. The number of anilines is 1. The smallest absolute Gasteiger partial charge is 0.341 e. The van der Waals surface area contributed by atoms with E-state index in [1.54, 1.807) is 12.1 Å². The number of halogens is 1. The minimum Gasteiger partial charge on any atom is -0.465 e. The van der Waals surface area contributed by atoms with Crippen LogP contribution in [0.4, 0.5) is 5.00 Å². The number of amides is 1. The summed E-state index contributed by atoms with van der Waals surface area (Å²) in [5, 5.41) is 3.81. The number of carbonyl (C=O) groups is 2. The molecule has 1 heterocycles. The van der Waals surface area contributed by atoms with Crippen molar-refractivity contribution in [3.8, 4) is 11.1 Å². The first-order valence-corrected chi connectivity index (χ1v) is 9.71. The number of hydrogen-bond acceptors (Lipinski definition) is 4. The van der Waals surface area contributed by atoms with Crippen LogP contribution >= 0.6 is 22.9 Å². The summed E-state index contributed by atoms with van der Waals surface area (Å²) in [6, 6.07) is 16.8. The average molecular weight is 412 g/mol. The Hall–Kier alpha value is -2.89. The van der Waals surface area contributed by atoms with E-state index in [1.165, 1.54) is 24.5 Å². The van der Waals surface area contributed by atoms with Crippen LogP contribution in [0.3, 0.4) is 0 Å². The molecule has 28 heavy (non-hydrogen) atoms. The number of ether oxygens (including phenoxy) is 1. The second kappa shape index (κ2) is 8.87. The van der Waals surface area contributed by atoms with Gasteiger partial charge in [-0.3, -0.25) is 4.79 Å². The van der Waals surface area contributed by atoms with E-state index in [4.69, 9.17) is 16.3 Å². The molecule has 3 aromatic rings. The lowest BCUT2D eigenvalue weighted by Crippen LogP contribution is -2.11. The normalized spacial score (nSPS) is 10.8. The molecule has 3 rings (SSSR count). The Labute approximate surface area is 172 Å². The van der Waals surface area contributed by atoms with Crippen LogP contribution in [0, 0.1) is 6.92 Å². The van der Waals surface area contributed by atoms with Gasteiger partial charge in [0.25, 0.3) is 0 Å². The highest BCUT2D eigenvalue weighted by Gasteiger charge is 2.24. The van der Waals surface area contributed by atoms with Crippen LogP contribution in [-0.2, 0) is 9.53 Å². The summed E-state index contributed by atoms with van der Waals surface area (Å²) >= 11 is 7.44. The lowest BCUT2D eigenvalue weighted by molar-refractivity contribution is -0.111. The molecule has 4 nitrogen and oxygen atoms in total. The molecule has 6 heteroatoms. The number of thiophene rings is 1. The first kappa shape index (κ1) is 19.9. The number of esters is 1. The Morgan fingerprint density at radius 2 is 1.75 bits per heavy atom. The minimum atomic E-state index is -0.492. The topological polar surface area (TPSA) is 55.4 Å². The second-order valence-corrected chi connectivity index (χ2v) is 7.57. The fraction of sp³-hybridized carbons (Fsp3) is 0.0909. The Morgan fingerprint density at radius 1 is 1.07 bits per heavy atom. The maximum Gasteiger partial charge on any atom is 0.341 e. The van der Waals surface area contributed by atoms with Crippen molar-refractivity contribution in [3.05, 3.63) is 81.7 Å². The molecule has 0 fully saturated rings. The zero-order valence-corrected chi connectivity index (χ0v) is 16.9. The van der Waals surface area contributed by atoms with Gasteiger partial charge in [-0.2, -0.15) is 0 Å². The third-order valence-corrected chi connectivity index (χ3v) is 5.46. The molecular formula is C22H18ClNO3S. The highest BCUT2D eigenvalue weighted by molar-refractivity contribution is 7.17. The molecule has 0 aliphatic carbocycles. The van der Waals surface area contributed by atoms with Crippen molar-refractivity contribution in [2.45, 2.75) is 6.92 Å². The summed E-state index contributed by atoms with van der Waals surface area (Å²) in [4.78, 5) is 25.8. The maximum absolute atomic E-state index is 12.4. The number of hydrogen-bond donors (Lipinski definition) is 1. The van der Waals surface area contributed by atoms with Crippen molar-refractivity contribution in [1.29, 1.82) is 0 Å². The van der Waals surface area contributed by atoms with Crippen LogP contribution < -0.4 is 5.32 Å². The van der Waals surface area contributed by atoms with Gasteiger partial charge >= 0.3 is 5.97 Å². The van der Waals surface area contributed by atoms with Gasteiger partial charge in [-0.05, 0) is 30.2 Å². The maximum atomic E-state index is 12.4. The quantitative estimate of drug-likeness (QED) is 0.425. The standard InChI is InChI=1S/C22H18ClNO3S/c1-14-19(16-9-4-3-5-10-16)20(22(26)27-2)21(28-14)24-18(25)13-12-15-8-6-7-11-17(15)23/h3-13H,1-2H3,(H,24,25)/b13-12+. The number of benzene rings is 2. The Morgan fingerprint density at radius 3 is 2.43 bits per heavy atom. The van der Waals surface area contributed by atoms with Crippen LogP contribution in [0.1, 0.15) is 20.8 Å². The van der Waals surface area contributed by atoms with Gasteiger partial charge in [0.15, 0.2) is 0 Å². The number of nitrogens with one attached hydrogen (secondary N) is 1. The summed E-state index contributed by atoms with van der Waals surface area (Å²) in [6.45, 7) is 1.91. The van der Waals surface area contributed by atoms with E-state index in [0.717, 1.165) is 21.6 Å². The molecule has 0 saturated carbocycles. The average Bonchev–Trinajstić information content (AvgIpc) is 3.03. The predicted octanol–water partition coefficient (Wildman–Crippen LogP) is 5.82. The zero-order valence-electron chi connectivity index (χ0n) is 15.4. The highest BCUT2D eigenvalue weighted by Crippen LogP contribution is 2.40. The Balaban J connectivity index is 1.93. The van der Waals surface area contributed by atoms with Gasteiger partial charge in [0.1, 0.15) is 10.6 Å². The van der Waals surface area contributed by atoms with E-state index in [1.807, 2.05) is 55.5 Å². The van der Waals surface area contributed by atoms with Crippen LogP contribution in [-0.4, -0.2) is 19.0 Å². The van der Waals surface area contributed by atoms with E-state index in [-0.39, 0.29) is 5.91 Å². The number of rotatable bonds is 5. The molecule has 0 unspecified atom stereocenters. The summed E-state index contributed by atoms with van der Waals surface area (Å²) in [5.74, 6) is -0.848. The summed E-state index contributed by atoms with van der Waals surface area (Å²) in [5.41, 5.74) is 2.75. The van der Waals surface area contributed by atoms with Gasteiger partial charge in [0.2, 0.25) is 5.91 Å². The molecule has 0 atom stereocenters.